The van der Waals surface area contributed by atoms with Crippen LogP contribution in [0.5, 0.6) is 0 Å². The van der Waals surface area contributed by atoms with Crippen LogP contribution < -0.4 is 5.56 Å². The zero-order valence-corrected chi connectivity index (χ0v) is 17.0. The van der Waals surface area contributed by atoms with Gasteiger partial charge in [0.15, 0.2) is 0 Å². The molecule has 1 aromatic carbocycles. The molecule has 4 aromatic rings. The molecule has 27 heavy (non-hydrogen) atoms. The first-order valence-corrected chi connectivity index (χ1v) is 9.74. The van der Waals surface area contributed by atoms with E-state index in [9.17, 15) is 4.79 Å². The van der Waals surface area contributed by atoms with Gasteiger partial charge in [0.05, 0.1) is 22.1 Å². The van der Waals surface area contributed by atoms with Gasteiger partial charge in [-0.15, -0.1) is 11.3 Å². The van der Waals surface area contributed by atoms with Gasteiger partial charge >= 0.3 is 0 Å². The van der Waals surface area contributed by atoms with E-state index >= 15 is 0 Å². The summed E-state index contributed by atoms with van der Waals surface area (Å²) in [5.74, 6) is 0. The predicted molar refractivity (Wildman–Crippen MR) is 110 cm³/mol. The van der Waals surface area contributed by atoms with E-state index in [0.717, 1.165) is 39.0 Å². The minimum atomic E-state index is -0.0241. The lowest BCUT2D eigenvalue weighted by Crippen LogP contribution is -2.21. The van der Waals surface area contributed by atoms with Crippen LogP contribution in [-0.2, 0) is 7.05 Å². The van der Waals surface area contributed by atoms with Gasteiger partial charge in [0, 0.05) is 29.4 Å². The Labute approximate surface area is 162 Å². The molecule has 0 spiro atoms. The molecule has 0 bridgehead atoms. The van der Waals surface area contributed by atoms with Crippen molar-refractivity contribution in [2.45, 2.75) is 27.7 Å². The number of rotatable bonds is 3. The average Bonchev–Trinajstić information content (AvgIpc) is 3.26. The summed E-state index contributed by atoms with van der Waals surface area (Å²) in [6.07, 6.45) is 0. The minimum absolute atomic E-state index is 0.0241. The second-order valence-electron chi connectivity index (χ2n) is 6.78. The monoisotopic (exact) mass is 378 g/mol. The number of thiazole rings is 1. The third-order valence-electron chi connectivity index (χ3n) is 5.07. The molecule has 138 valence electrons. The summed E-state index contributed by atoms with van der Waals surface area (Å²) in [4.78, 5) is 18.0. The maximum atomic E-state index is 13.4. The standard InChI is InChI=1S/C21H22N4OS/c1-13-11-18(19-12-27-16(4)22-19)14(2)24(13)20-15(3)23(5)25(21(20)26)17-9-7-6-8-10-17/h6-12H,1-5H3. The van der Waals surface area contributed by atoms with E-state index in [0.29, 0.717) is 5.69 Å². The molecule has 3 heterocycles. The maximum Gasteiger partial charge on any atom is 0.295 e. The van der Waals surface area contributed by atoms with Crippen molar-refractivity contribution in [2.24, 2.45) is 7.05 Å². The molecule has 3 aromatic heterocycles. The lowest BCUT2D eigenvalue weighted by Gasteiger charge is -2.08. The van der Waals surface area contributed by atoms with E-state index in [1.165, 1.54) is 0 Å². The van der Waals surface area contributed by atoms with Gasteiger partial charge in [-0.2, -0.15) is 0 Å². The van der Waals surface area contributed by atoms with Gasteiger partial charge < -0.3 is 4.57 Å². The molecule has 0 aliphatic rings. The Kier molecular flexibility index (Phi) is 4.15. The van der Waals surface area contributed by atoms with E-state index < -0.39 is 0 Å². The molecular formula is C21H22N4OS. The Bertz CT molecular complexity index is 1190. The van der Waals surface area contributed by atoms with E-state index in [-0.39, 0.29) is 5.56 Å². The number of aromatic nitrogens is 4. The van der Waals surface area contributed by atoms with Crippen molar-refractivity contribution >= 4 is 11.3 Å². The highest BCUT2D eigenvalue weighted by atomic mass is 32.1. The zero-order valence-electron chi connectivity index (χ0n) is 16.1. The van der Waals surface area contributed by atoms with Crippen LogP contribution in [0.4, 0.5) is 0 Å². The Hall–Kier alpha value is -2.86. The van der Waals surface area contributed by atoms with Crippen molar-refractivity contribution in [3.63, 3.8) is 0 Å². The maximum absolute atomic E-state index is 13.4. The Morgan fingerprint density at radius 2 is 1.70 bits per heavy atom. The van der Waals surface area contributed by atoms with Gasteiger partial charge in [0.2, 0.25) is 0 Å². The molecule has 0 amide bonds. The molecule has 0 unspecified atom stereocenters. The Balaban J connectivity index is 1.96. The normalized spacial score (nSPS) is 11.3. The van der Waals surface area contributed by atoms with Crippen molar-refractivity contribution in [3.05, 3.63) is 74.2 Å². The van der Waals surface area contributed by atoms with Gasteiger partial charge in [-0.25, -0.2) is 9.67 Å². The Morgan fingerprint density at radius 1 is 1.00 bits per heavy atom. The summed E-state index contributed by atoms with van der Waals surface area (Å²) < 4.78 is 5.69. The molecule has 0 radical (unpaired) electrons. The Morgan fingerprint density at radius 3 is 2.33 bits per heavy atom. The first-order valence-electron chi connectivity index (χ1n) is 8.86. The highest BCUT2D eigenvalue weighted by Crippen LogP contribution is 2.30. The van der Waals surface area contributed by atoms with Crippen LogP contribution in [0.15, 0.2) is 46.6 Å². The number of hydrogen-bond donors (Lipinski definition) is 0. The van der Waals surface area contributed by atoms with Crippen LogP contribution in [0, 0.1) is 27.7 Å². The predicted octanol–water partition coefficient (Wildman–Crippen LogP) is 4.32. The summed E-state index contributed by atoms with van der Waals surface area (Å²) >= 11 is 1.64. The molecule has 0 saturated carbocycles. The molecule has 6 heteroatoms. The fraction of sp³-hybridized carbons (Fsp3) is 0.238. The van der Waals surface area contributed by atoms with Gasteiger partial charge in [-0.3, -0.25) is 9.48 Å². The SMILES string of the molecule is Cc1nc(-c2cc(C)n(-c3c(C)n(C)n(-c4ccccc4)c3=O)c2C)cs1. The van der Waals surface area contributed by atoms with Crippen LogP contribution >= 0.6 is 11.3 Å². The van der Waals surface area contributed by atoms with Crippen LogP contribution in [0.3, 0.4) is 0 Å². The molecule has 0 N–H and O–H groups in total. The molecule has 0 fully saturated rings. The quantitative estimate of drug-likeness (QED) is 0.533. The zero-order chi connectivity index (χ0) is 19.3. The summed E-state index contributed by atoms with van der Waals surface area (Å²) in [5.41, 5.74) is 6.55. The second kappa shape index (κ2) is 6.39. The smallest absolute Gasteiger partial charge is 0.295 e. The van der Waals surface area contributed by atoms with Crippen molar-refractivity contribution in [2.75, 3.05) is 0 Å². The minimum Gasteiger partial charge on any atom is -0.311 e. The largest absolute Gasteiger partial charge is 0.311 e. The van der Waals surface area contributed by atoms with Crippen LogP contribution in [0.1, 0.15) is 22.1 Å². The average molecular weight is 379 g/mol. The lowest BCUT2D eigenvalue weighted by atomic mass is 10.2. The fourth-order valence-corrected chi connectivity index (χ4v) is 4.28. The summed E-state index contributed by atoms with van der Waals surface area (Å²) in [5, 5.41) is 3.11. The van der Waals surface area contributed by atoms with Gasteiger partial charge in [0.25, 0.3) is 5.56 Å². The highest BCUT2D eigenvalue weighted by Gasteiger charge is 2.22. The third-order valence-corrected chi connectivity index (χ3v) is 5.85. The van der Waals surface area contributed by atoms with Crippen molar-refractivity contribution in [1.29, 1.82) is 0 Å². The van der Waals surface area contributed by atoms with Crippen molar-refractivity contribution in [3.8, 4) is 22.6 Å². The van der Waals surface area contributed by atoms with E-state index in [1.54, 1.807) is 16.0 Å². The third kappa shape index (κ3) is 2.68. The van der Waals surface area contributed by atoms with Gasteiger partial charge in [-0.1, -0.05) is 18.2 Å². The number of benzene rings is 1. The molecular weight excluding hydrogens is 356 g/mol. The molecule has 0 atom stereocenters. The number of aryl methyl sites for hydroxylation is 2. The first kappa shape index (κ1) is 17.5. The van der Waals surface area contributed by atoms with Gasteiger partial charge in [0.1, 0.15) is 5.69 Å². The van der Waals surface area contributed by atoms with Gasteiger partial charge in [-0.05, 0) is 45.9 Å². The molecule has 0 aliphatic carbocycles. The summed E-state index contributed by atoms with van der Waals surface area (Å²) in [6.45, 7) is 8.08. The molecule has 0 saturated heterocycles. The summed E-state index contributed by atoms with van der Waals surface area (Å²) in [7, 11) is 1.92. The number of nitrogens with zero attached hydrogens (tertiary/aromatic N) is 4. The molecule has 5 nitrogen and oxygen atoms in total. The number of para-hydroxylation sites is 1. The fourth-order valence-electron chi connectivity index (χ4n) is 3.67. The topological polar surface area (TPSA) is 44.8 Å². The highest BCUT2D eigenvalue weighted by molar-refractivity contribution is 7.09. The van der Waals surface area contributed by atoms with Crippen LogP contribution in [0.25, 0.3) is 22.6 Å². The lowest BCUT2D eigenvalue weighted by molar-refractivity contribution is 0.630. The second-order valence-corrected chi connectivity index (χ2v) is 7.84. The van der Waals surface area contributed by atoms with E-state index in [4.69, 9.17) is 0 Å². The van der Waals surface area contributed by atoms with E-state index in [2.05, 4.69) is 27.9 Å². The molecule has 0 aliphatic heterocycles. The summed E-state index contributed by atoms with van der Waals surface area (Å²) in [6, 6.07) is 11.8. The van der Waals surface area contributed by atoms with Crippen molar-refractivity contribution < 1.29 is 0 Å². The molecule has 4 rings (SSSR count). The van der Waals surface area contributed by atoms with Crippen molar-refractivity contribution in [1.82, 2.24) is 18.9 Å². The van der Waals surface area contributed by atoms with E-state index in [1.807, 2.05) is 62.8 Å². The first-order chi connectivity index (χ1) is 12.9. The number of hydrogen-bond acceptors (Lipinski definition) is 3. The van der Waals surface area contributed by atoms with Crippen LogP contribution in [0.2, 0.25) is 0 Å². The van der Waals surface area contributed by atoms with Crippen LogP contribution in [-0.4, -0.2) is 18.9 Å².